The lowest BCUT2D eigenvalue weighted by molar-refractivity contribution is -0.118. The first-order valence-electron chi connectivity index (χ1n) is 12.7. The zero-order chi connectivity index (χ0) is 23.8. The van der Waals surface area contributed by atoms with Crippen LogP contribution in [0.2, 0.25) is 0 Å². The number of allylic oxidation sites excluding steroid dienone is 5. The predicted octanol–water partition coefficient (Wildman–Crippen LogP) is 5.18. The number of carbonyl (C=O) groups is 2. The molecule has 3 aliphatic heterocycles. The molecule has 1 unspecified atom stereocenters. The number of hydrogen-bond acceptors (Lipinski definition) is 4. The molecule has 4 aliphatic rings. The number of benzene rings is 1. The van der Waals surface area contributed by atoms with E-state index in [2.05, 4.69) is 61.8 Å². The lowest BCUT2D eigenvalue weighted by Crippen LogP contribution is -2.46. The van der Waals surface area contributed by atoms with Crippen LogP contribution in [0.1, 0.15) is 51.5 Å². The van der Waals surface area contributed by atoms with Crippen molar-refractivity contribution in [1.82, 2.24) is 9.80 Å². The molecule has 5 rings (SSSR count). The molecule has 0 bridgehead atoms. The van der Waals surface area contributed by atoms with Crippen molar-refractivity contribution in [3.8, 4) is 0 Å². The van der Waals surface area contributed by atoms with Crippen LogP contribution in [0.4, 0.5) is 5.69 Å². The summed E-state index contributed by atoms with van der Waals surface area (Å²) in [5.41, 5.74) is 5.78. The van der Waals surface area contributed by atoms with Crippen LogP contribution in [-0.2, 0) is 16.0 Å². The average Bonchev–Trinajstić information content (AvgIpc) is 3.34. The number of piperidine rings is 1. The maximum atomic E-state index is 12.7. The van der Waals surface area contributed by atoms with Gasteiger partial charge in [-0.25, -0.2) is 0 Å². The van der Waals surface area contributed by atoms with Crippen molar-refractivity contribution in [2.24, 2.45) is 5.92 Å². The summed E-state index contributed by atoms with van der Waals surface area (Å²) in [5.74, 6) is 0.657. The molecule has 1 aromatic carbocycles. The molecular weight excluding hydrogens is 490 g/mol. The van der Waals surface area contributed by atoms with Crippen LogP contribution in [0.5, 0.6) is 0 Å². The Morgan fingerprint density at radius 2 is 1.91 bits per heavy atom. The number of halogens is 1. The molecule has 5 nitrogen and oxygen atoms in total. The Labute approximate surface area is 211 Å². The minimum atomic E-state index is 0.198. The molecule has 180 valence electrons. The summed E-state index contributed by atoms with van der Waals surface area (Å²) in [6.45, 7) is 7.92. The third-order valence-electron chi connectivity index (χ3n) is 7.84. The summed E-state index contributed by atoms with van der Waals surface area (Å²) in [5, 5.41) is 0. The normalized spacial score (nSPS) is 23.3. The first-order valence-corrected chi connectivity index (χ1v) is 13.5. The van der Waals surface area contributed by atoms with E-state index in [1.807, 2.05) is 12.1 Å². The summed E-state index contributed by atoms with van der Waals surface area (Å²) in [7, 11) is 0. The number of carbonyl (C=O) groups excluding carboxylic acids is 2. The molecule has 1 atom stereocenters. The molecule has 1 saturated heterocycles. The lowest BCUT2D eigenvalue weighted by Gasteiger charge is -2.37. The van der Waals surface area contributed by atoms with Crippen LogP contribution >= 0.6 is 15.9 Å². The highest BCUT2D eigenvalue weighted by Crippen LogP contribution is 2.46. The fourth-order valence-corrected chi connectivity index (χ4v) is 7.03. The van der Waals surface area contributed by atoms with Crippen LogP contribution in [0.25, 0.3) is 0 Å². The summed E-state index contributed by atoms with van der Waals surface area (Å²) in [6, 6.07) is 8.55. The van der Waals surface area contributed by atoms with E-state index >= 15 is 0 Å². The Balaban J connectivity index is 1.19. The van der Waals surface area contributed by atoms with Gasteiger partial charge in [0.25, 0.3) is 0 Å². The molecule has 1 aliphatic carbocycles. The number of amides is 1. The van der Waals surface area contributed by atoms with E-state index in [4.69, 9.17) is 0 Å². The van der Waals surface area contributed by atoms with Gasteiger partial charge in [0.2, 0.25) is 5.91 Å². The topological polar surface area (TPSA) is 43.9 Å². The Morgan fingerprint density at radius 3 is 2.65 bits per heavy atom. The fraction of sp³-hybridized carbons (Fsp3) is 0.500. The molecule has 0 N–H and O–H groups in total. The van der Waals surface area contributed by atoms with Crippen molar-refractivity contribution >= 4 is 33.3 Å². The Morgan fingerprint density at radius 1 is 1.15 bits per heavy atom. The average molecular weight is 525 g/mol. The number of rotatable bonds is 7. The number of likely N-dealkylation sites (tertiary alicyclic amines) is 1. The number of anilines is 1. The van der Waals surface area contributed by atoms with E-state index in [1.165, 1.54) is 17.0 Å². The minimum Gasteiger partial charge on any atom is -0.347 e. The lowest BCUT2D eigenvalue weighted by atomic mass is 9.89. The molecule has 0 saturated carbocycles. The smallest absolute Gasteiger partial charge is 0.231 e. The Kier molecular flexibility index (Phi) is 6.81. The third-order valence-corrected chi connectivity index (χ3v) is 8.51. The molecule has 0 spiro atoms. The van der Waals surface area contributed by atoms with Crippen molar-refractivity contribution in [3.05, 3.63) is 63.4 Å². The summed E-state index contributed by atoms with van der Waals surface area (Å²) < 4.78 is 1.11. The maximum Gasteiger partial charge on any atom is 0.231 e. The van der Waals surface area contributed by atoms with E-state index in [1.54, 1.807) is 6.92 Å². The second-order valence-electron chi connectivity index (χ2n) is 9.84. The summed E-state index contributed by atoms with van der Waals surface area (Å²) in [4.78, 5) is 32.2. The molecule has 0 radical (unpaired) electrons. The van der Waals surface area contributed by atoms with Crippen LogP contribution in [0, 0.1) is 5.92 Å². The molecule has 1 amide bonds. The number of Topliss-reactive ketones (excluding diaryl/α,β-unsaturated/α-hetero) is 1. The maximum absolute atomic E-state index is 12.7. The molecule has 3 heterocycles. The van der Waals surface area contributed by atoms with Crippen LogP contribution in [0.3, 0.4) is 0 Å². The van der Waals surface area contributed by atoms with Crippen LogP contribution in [0.15, 0.2) is 57.9 Å². The van der Waals surface area contributed by atoms with Crippen LogP contribution < -0.4 is 4.90 Å². The van der Waals surface area contributed by atoms with Crippen LogP contribution in [-0.4, -0.2) is 53.7 Å². The van der Waals surface area contributed by atoms with Gasteiger partial charge in [-0.1, -0.05) is 37.3 Å². The van der Waals surface area contributed by atoms with Gasteiger partial charge in [0, 0.05) is 58.7 Å². The molecule has 6 heteroatoms. The van der Waals surface area contributed by atoms with Gasteiger partial charge in [-0.3, -0.25) is 9.59 Å². The molecule has 1 aromatic rings. The largest absolute Gasteiger partial charge is 0.347 e. The minimum absolute atomic E-state index is 0.198. The fourth-order valence-electron chi connectivity index (χ4n) is 6.35. The van der Waals surface area contributed by atoms with Gasteiger partial charge >= 0.3 is 0 Å². The summed E-state index contributed by atoms with van der Waals surface area (Å²) in [6.07, 6.45) is 9.76. The number of hydrogen-bond donors (Lipinski definition) is 0. The number of fused-ring (bicyclic) bond motifs is 2. The van der Waals surface area contributed by atoms with E-state index in [-0.39, 0.29) is 17.6 Å². The SMILES string of the molecule is CCC1=C(C(C)=O)C2CC=CC(Br)=C2N1CCCN1CCC(N2C(=O)Cc3ccccc32)CC1. The zero-order valence-electron chi connectivity index (χ0n) is 20.2. The van der Waals surface area contributed by atoms with Gasteiger partial charge in [0.15, 0.2) is 5.78 Å². The van der Waals surface area contributed by atoms with Crippen molar-refractivity contribution in [2.45, 2.75) is 58.4 Å². The van der Waals surface area contributed by atoms with E-state index < -0.39 is 0 Å². The number of ketones is 1. The third kappa shape index (κ3) is 4.20. The predicted molar refractivity (Wildman–Crippen MR) is 140 cm³/mol. The Bertz CT molecular complexity index is 1080. The van der Waals surface area contributed by atoms with Gasteiger partial charge in [0.1, 0.15) is 0 Å². The van der Waals surface area contributed by atoms with Crippen molar-refractivity contribution < 1.29 is 9.59 Å². The van der Waals surface area contributed by atoms with Gasteiger partial charge in [-0.2, -0.15) is 0 Å². The first-order chi connectivity index (χ1) is 16.5. The second kappa shape index (κ2) is 9.82. The van der Waals surface area contributed by atoms with Gasteiger partial charge in [0.05, 0.1) is 6.42 Å². The van der Waals surface area contributed by atoms with Crippen molar-refractivity contribution in [1.29, 1.82) is 0 Å². The van der Waals surface area contributed by atoms with E-state index in [0.717, 1.165) is 74.0 Å². The number of nitrogens with zero attached hydrogens (tertiary/aromatic N) is 3. The van der Waals surface area contributed by atoms with Crippen molar-refractivity contribution in [2.75, 3.05) is 31.1 Å². The van der Waals surface area contributed by atoms with Gasteiger partial charge in [-0.05, 0) is 73.1 Å². The molecular formula is C28H34BrN3O2. The molecule has 34 heavy (non-hydrogen) atoms. The highest BCUT2D eigenvalue weighted by atomic mass is 79.9. The zero-order valence-corrected chi connectivity index (χ0v) is 21.8. The van der Waals surface area contributed by atoms with E-state index in [9.17, 15) is 9.59 Å². The quantitative estimate of drug-likeness (QED) is 0.493. The monoisotopic (exact) mass is 523 g/mol. The van der Waals surface area contributed by atoms with Gasteiger partial charge < -0.3 is 14.7 Å². The summed E-state index contributed by atoms with van der Waals surface area (Å²) >= 11 is 3.76. The highest BCUT2D eigenvalue weighted by Gasteiger charge is 2.39. The van der Waals surface area contributed by atoms with Crippen molar-refractivity contribution in [3.63, 3.8) is 0 Å². The molecule has 0 aromatic heterocycles. The number of para-hydroxylation sites is 1. The first kappa shape index (κ1) is 23.6. The standard InChI is InChI=1S/C28H34BrN3O2/c1-3-24-27(19(2)33)22-9-6-10-23(29)28(22)31(24)15-7-14-30-16-12-21(13-17-30)32-25-11-5-4-8-20(25)18-26(32)34/h4-6,8,10-11,21-22H,3,7,9,12-18H2,1-2H3. The van der Waals surface area contributed by atoms with E-state index in [0.29, 0.717) is 12.5 Å². The highest BCUT2D eigenvalue weighted by molar-refractivity contribution is 9.11. The molecule has 1 fully saturated rings. The van der Waals surface area contributed by atoms with Gasteiger partial charge in [-0.15, -0.1) is 0 Å². The Hall–Kier alpha value is -2.18. The second-order valence-corrected chi connectivity index (χ2v) is 10.7.